The molecule has 0 bridgehead atoms. The number of nitrogens with zero attached hydrogens (tertiary/aromatic N) is 1. The lowest BCUT2D eigenvalue weighted by Gasteiger charge is -2.30. The maximum Gasteiger partial charge on any atom is 0.435 e. The van der Waals surface area contributed by atoms with Crippen molar-refractivity contribution < 1.29 is 49.4 Å². The van der Waals surface area contributed by atoms with Crippen LogP contribution in [-0.4, -0.2) is 36.3 Å². The molecule has 3 aromatic rings. The lowest BCUT2D eigenvalue weighted by molar-refractivity contribution is -0.348. The van der Waals surface area contributed by atoms with Crippen LogP contribution in [0.1, 0.15) is 16.1 Å². The fourth-order valence-corrected chi connectivity index (χ4v) is 3.11. The van der Waals surface area contributed by atoms with Gasteiger partial charge in [-0.05, 0) is 30.3 Å². The Morgan fingerprint density at radius 3 is 2.11 bits per heavy atom. The summed E-state index contributed by atoms with van der Waals surface area (Å²) in [5, 5.41) is 6.30. The summed E-state index contributed by atoms with van der Waals surface area (Å²) in [6, 6.07) is 6.59. The minimum atomic E-state index is -6.33. The highest BCUT2D eigenvalue weighted by molar-refractivity contribution is 6.00. The molecule has 0 atom stereocenters. The van der Waals surface area contributed by atoms with E-state index in [0.717, 1.165) is 18.2 Å². The monoisotopic (exact) mass is 548 g/mol. The van der Waals surface area contributed by atoms with E-state index in [0.29, 0.717) is 6.07 Å². The molecule has 0 aliphatic heterocycles. The Labute approximate surface area is 208 Å². The number of amides is 3. The Balaban J connectivity index is 1.73. The lowest BCUT2D eigenvalue weighted by atomic mass is 9.94. The molecule has 202 valence electrons. The van der Waals surface area contributed by atoms with Crippen molar-refractivity contribution in [2.75, 3.05) is 17.7 Å². The molecule has 3 amide bonds. The maximum atomic E-state index is 14.5. The quantitative estimate of drug-likeness (QED) is 0.315. The Hall–Kier alpha value is -4.43. The standard InChI is InChI=1S/C23H16F8N4O3/c1-32-19(36)18-11-15(7-8-33-18)38-14-5-6-17(16(24)10-14)35-20(37)34-13-4-2-3-12(9-13)21(25,22(26,27)28)23(29,30)31/h2-11H,1H3,(H,32,36)(H2,34,35,37). The first-order chi connectivity index (χ1) is 17.7. The molecule has 0 saturated heterocycles. The second kappa shape index (κ2) is 10.5. The van der Waals surface area contributed by atoms with Gasteiger partial charge in [0.25, 0.3) is 5.91 Å². The average Bonchev–Trinajstić information content (AvgIpc) is 2.83. The van der Waals surface area contributed by atoms with Crippen molar-refractivity contribution in [2.45, 2.75) is 18.0 Å². The highest BCUT2D eigenvalue weighted by Gasteiger charge is 2.73. The number of aromatic nitrogens is 1. The van der Waals surface area contributed by atoms with Gasteiger partial charge in [-0.2, -0.15) is 26.3 Å². The van der Waals surface area contributed by atoms with Crippen LogP contribution in [0.2, 0.25) is 0 Å². The van der Waals surface area contributed by atoms with Crippen LogP contribution in [0.5, 0.6) is 11.5 Å². The van der Waals surface area contributed by atoms with Crippen molar-refractivity contribution in [3.05, 3.63) is 77.9 Å². The summed E-state index contributed by atoms with van der Waals surface area (Å²) in [7, 11) is 1.39. The van der Waals surface area contributed by atoms with E-state index < -0.39 is 52.7 Å². The van der Waals surface area contributed by atoms with E-state index in [-0.39, 0.29) is 29.3 Å². The van der Waals surface area contributed by atoms with E-state index in [1.807, 2.05) is 10.6 Å². The van der Waals surface area contributed by atoms with Crippen LogP contribution >= 0.6 is 0 Å². The fourth-order valence-electron chi connectivity index (χ4n) is 3.11. The molecule has 0 radical (unpaired) electrons. The molecule has 3 rings (SSSR count). The largest absolute Gasteiger partial charge is 0.457 e. The molecule has 0 unspecified atom stereocenters. The third-order valence-corrected chi connectivity index (χ3v) is 4.92. The predicted octanol–water partition coefficient (Wildman–Crippen LogP) is 6.31. The number of carbonyl (C=O) groups is 2. The summed E-state index contributed by atoms with van der Waals surface area (Å²) in [6.07, 6.45) is -11.4. The van der Waals surface area contributed by atoms with Crippen LogP contribution in [0, 0.1) is 5.82 Å². The minimum absolute atomic E-state index is 0.0277. The van der Waals surface area contributed by atoms with Gasteiger partial charge in [-0.3, -0.25) is 9.78 Å². The number of ether oxygens (including phenoxy) is 1. The highest BCUT2D eigenvalue weighted by Crippen LogP contribution is 2.53. The zero-order valence-electron chi connectivity index (χ0n) is 19.0. The molecule has 0 saturated carbocycles. The molecule has 0 spiro atoms. The average molecular weight is 548 g/mol. The van der Waals surface area contributed by atoms with Crippen molar-refractivity contribution in [3.63, 3.8) is 0 Å². The van der Waals surface area contributed by atoms with Crippen molar-refractivity contribution in [2.24, 2.45) is 0 Å². The summed E-state index contributed by atoms with van der Waals surface area (Å²) >= 11 is 0. The van der Waals surface area contributed by atoms with Gasteiger partial charge >= 0.3 is 24.1 Å². The summed E-state index contributed by atoms with van der Waals surface area (Å²) in [6.45, 7) is 0. The van der Waals surface area contributed by atoms with E-state index in [9.17, 15) is 44.7 Å². The molecule has 1 heterocycles. The fraction of sp³-hybridized carbons (Fsp3) is 0.174. The van der Waals surface area contributed by atoms with Gasteiger partial charge in [0.15, 0.2) is 0 Å². The van der Waals surface area contributed by atoms with Gasteiger partial charge in [-0.1, -0.05) is 12.1 Å². The first kappa shape index (κ1) is 28.1. The molecule has 7 nitrogen and oxygen atoms in total. The van der Waals surface area contributed by atoms with Crippen LogP contribution < -0.4 is 20.7 Å². The molecule has 0 aliphatic rings. The number of alkyl halides is 7. The third-order valence-electron chi connectivity index (χ3n) is 4.92. The zero-order valence-corrected chi connectivity index (χ0v) is 19.0. The van der Waals surface area contributed by atoms with Crippen molar-refractivity contribution >= 4 is 23.3 Å². The number of benzene rings is 2. The molecule has 1 aromatic heterocycles. The number of halogens is 8. The van der Waals surface area contributed by atoms with E-state index in [4.69, 9.17) is 4.74 Å². The molecule has 0 aliphatic carbocycles. The van der Waals surface area contributed by atoms with Crippen molar-refractivity contribution in [1.82, 2.24) is 10.3 Å². The van der Waals surface area contributed by atoms with Crippen molar-refractivity contribution in [1.29, 1.82) is 0 Å². The van der Waals surface area contributed by atoms with Gasteiger partial charge < -0.3 is 20.7 Å². The van der Waals surface area contributed by atoms with Gasteiger partial charge in [0.1, 0.15) is 23.0 Å². The predicted molar refractivity (Wildman–Crippen MR) is 118 cm³/mol. The normalized spacial score (nSPS) is 12.0. The van der Waals surface area contributed by atoms with E-state index in [1.165, 1.54) is 31.4 Å². The molecule has 15 heteroatoms. The number of hydrogen-bond donors (Lipinski definition) is 3. The van der Waals surface area contributed by atoms with E-state index >= 15 is 0 Å². The topological polar surface area (TPSA) is 92.4 Å². The first-order valence-electron chi connectivity index (χ1n) is 10.3. The smallest absolute Gasteiger partial charge is 0.435 e. The number of hydrogen-bond acceptors (Lipinski definition) is 4. The van der Waals surface area contributed by atoms with Crippen LogP contribution in [0.25, 0.3) is 0 Å². The molecular formula is C23H16F8N4O3. The lowest BCUT2D eigenvalue weighted by Crippen LogP contribution is -2.50. The van der Waals surface area contributed by atoms with Gasteiger partial charge in [0.2, 0.25) is 0 Å². The second-order valence-corrected chi connectivity index (χ2v) is 7.51. The number of carbonyl (C=O) groups excluding carboxylic acids is 2. The molecular weight excluding hydrogens is 532 g/mol. The van der Waals surface area contributed by atoms with Crippen molar-refractivity contribution in [3.8, 4) is 11.5 Å². The first-order valence-corrected chi connectivity index (χ1v) is 10.3. The van der Waals surface area contributed by atoms with E-state index in [1.54, 1.807) is 0 Å². The molecule has 3 N–H and O–H groups in total. The number of nitrogens with one attached hydrogen (secondary N) is 3. The summed E-state index contributed by atoms with van der Waals surface area (Å²) < 4.78 is 112. The second-order valence-electron chi connectivity index (χ2n) is 7.51. The van der Waals surface area contributed by atoms with Crippen LogP contribution in [0.15, 0.2) is 60.8 Å². The highest BCUT2D eigenvalue weighted by atomic mass is 19.4. The summed E-state index contributed by atoms with van der Waals surface area (Å²) in [5.41, 5.74) is -8.53. The number of pyridine rings is 1. The zero-order chi connectivity index (χ0) is 28.3. The third kappa shape index (κ3) is 5.92. The number of rotatable bonds is 6. The van der Waals surface area contributed by atoms with Gasteiger partial charge in [-0.25, -0.2) is 13.6 Å². The maximum absolute atomic E-state index is 14.5. The Bertz CT molecular complexity index is 1330. The minimum Gasteiger partial charge on any atom is -0.457 e. The van der Waals surface area contributed by atoms with Crippen LogP contribution in [-0.2, 0) is 5.67 Å². The van der Waals surface area contributed by atoms with Crippen LogP contribution in [0.3, 0.4) is 0 Å². The summed E-state index contributed by atoms with van der Waals surface area (Å²) in [5.74, 6) is -1.43. The Morgan fingerprint density at radius 2 is 1.50 bits per heavy atom. The molecule has 38 heavy (non-hydrogen) atoms. The van der Waals surface area contributed by atoms with Gasteiger partial charge in [-0.15, -0.1) is 0 Å². The molecule has 0 fully saturated rings. The summed E-state index contributed by atoms with van der Waals surface area (Å²) in [4.78, 5) is 27.7. The Morgan fingerprint density at radius 1 is 0.842 bits per heavy atom. The number of urea groups is 1. The van der Waals surface area contributed by atoms with Crippen LogP contribution in [0.4, 0.5) is 51.3 Å². The number of anilines is 2. The molecule has 2 aromatic carbocycles. The Kier molecular flexibility index (Phi) is 7.79. The van der Waals surface area contributed by atoms with Gasteiger partial charge in [0.05, 0.1) is 5.69 Å². The van der Waals surface area contributed by atoms with E-state index in [2.05, 4.69) is 10.3 Å². The SMILES string of the molecule is CNC(=O)c1cc(Oc2ccc(NC(=O)Nc3cccc(C(F)(C(F)(F)F)C(F)(F)F)c3)c(F)c2)ccn1. The van der Waals surface area contributed by atoms with Gasteiger partial charge in [0, 0.05) is 36.6 Å².